The molecule has 0 aliphatic carbocycles. The molecule has 110 valence electrons. The molecular formula is C10H15F6PRu. The molecule has 1 rings (SSSR count). The Hall–Kier alpha value is -0.0166. The van der Waals surface area contributed by atoms with Crippen LogP contribution in [0, 0.1) is 34.6 Å². The molecule has 1 aromatic carbocycles. The molecule has 0 atom stereocenters. The van der Waals surface area contributed by atoms with Crippen molar-refractivity contribution in [1.29, 1.82) is 0 Å². The summed E-state index contributed by atoms with van der Waals surface area (Å²) in [6, 6.07) is 0. The van der Waals surface area contributed by atoms with Crippen LogP contribution in [-0.2, 0) is 19.5 Å². The van der Waals surface area contributed by atoms with Gasteiger partial charge in [0.15, 0.2) is 0 Å². The smallest absolute Gasteiger partial charge is 2.00 e. The molecule has 0 aliphatic heterocycles. The molecule has 0 saturated carbocycles. The van der Waals surface area contributed by atoms with Gasteiger partial charge in [0.05, 0.1) is 0 Å². The van der Waals surface area contributed by atoms with Crippen molar-refractivity contribution in [1.82, 2.24) is 0 Å². The molecule has 18 heavy (non-hydrogen) atoms. The fourth-order valence-corrected chi connectivity index (χ4v) is 1.41. The maximum atomic E-state index is 9.87. The van der Waals surface area contributed by atoms with E-state index in [1.165, 1.54) is 27.8 Å². The summed E-state index contributed by atoms with van der Waals surface area (Å²) in [4.78, 5) is 0. The Morgan fingerprint density at radius 3 is 0.944 bits per heavy atom. The molecule has 0 aliphatic rings. The number of halogens is 6. The average molecular weight is 381 g/mol. The third-order valence-corrected chi connectivity index (χ3v) is 2.81. The Balaban J connectivity index is 0. The topological polar surface area (TPSA) is 0 Å². The zero-order valence-electron chi connectivity index (χ0n) is 10.6. The Kier molecular flexibility index (Phi) is 5.44. The first kappa shape index (κ1) is 20.3. The van der Waals surface area contributed by atoms with Crippen molar-refractivity contribution in [3.63, 3.8) is 0 Å². The maximum absolute atomic E-state index is 10.7. The van der Waals surface area contributed by atoms with Gasteiger partial charge in [-0.2, -0.15) is 27.8 Å². The molecule has 0 amide bonds. The van der Waals surface area contributed by atoms with Gasteiger partial charge >= 0.3 is 52.5 Å². The number of hydrogen-bond donors (Lipinski definition) is 0. The molecule has 0 unspecified atom stereocenters. The van der Waals surface area contributed by atoms with Gasteiger partial charge in [-0.15, -0.1) is 0 Å². The predicted octanol–water partition coefficient (Wildman–Crippen LogP) is 6.33. The van der Waals surface area contributed by atoms with Crippen LogP contribution >= 0.6 is 7.81 Å². The van der Waals surface area contributed by atoms with E-state index in [4.69, 9.17) is 0 Å². The van der Waals surface area contributed by atoms with E-state index in [2.05, 4.69) is 34.6 Å². The fourth-order valence-electron chi connectivity index (χ4n) is 1.41. The predicted molar refractivity (Wildman–Crippen MR) is 59.3 cm³/mol. The Labute approximate surface area is 115 Å². The maximum Gasteiger partial charge on any atom is 2.00 e. The summed E-state index contributed by atoms with van der Waals surface area (Å²) in [7, 11) is -10.7. The summed E-state index contributed by atoms with van der Waals surface area (Å²) >= 11 is 0. The summed E-state index contributed by atoms with van der Waals surface area (Å²) in [6.45, 7) is 11.0. The van der Waals surface area contributed by atoms with E-state index in [1.807, 2.05) is 0 Å². The van der Waals surface area contributed by atoms with E-state index in [1.54, 1.807) is 0 Å². The quantitative estimate of drug-likeness (QED) is 0.213. The van der Waals surface area contributed by atoms with Gasteiger partial charge < -0.3 is 0 Å². The van der Waals surface area contributed by atoms with Crippen LogP contribution in [0.1, 0.15) is 27.8 Å². The molecule has 0 heterocycles. The molecule has 8 heteroatoms. The minimum Gasteiger partial charge on any atom is 2.00 e. The van der Waals surface area contributed by atoms with Crippen molar-refractivity contribution >= 4 is 7.81 Å². The Morgan fingerprint density at radius 1 is 0.722 bits per heavy atom. The minimum atomic E-state index is -10.7. The normalized spacial score (nSPS) is 14.8. The molecule has 0 bridgehead atoms. The second-order valence-electron chi connectivity index (χ2n) is 4.08. The first-order valence-electron chi connectivity index (χ1n) is 4.76. The minimum absolute atomic E-state index is 0. The molecule has 0 radical (unpaired) electrons. The van der Waals surface area contributed by atoms with E-state index >= 15 is 0 Å². The van der Waals surface area contributed by atoms with E-state index in [9.17, 15) is 25.2 Å². The van der Waals surface area contributed by atoms with E-state index in [0.29, 0.717) is 0 Å². The largest absolute Gasteiger partial charge is 2.00 e. The van der Waals surface area contributed by atoms with Gasteiger partial charge in [-0.25, -0.2) is 0 Å². The zero-order chi connectivity index (χ0) is 14.3. The second kappa shape index (κ2) is 4.83. The van der Waals surface area contributed by atoms with Crippen LogP contribution in [0.4, 0.5) is 25.2 Å². The molecule has 0 nitrogen and oxygen atoms in total. The SMILES string of the molecule is Cc1c(C)c(C)[c-](C)c1C.F[P-](F)(F)(F)(F)F.[Ru+2]. The standard InChI is InChI=1S/C10H15.F6P.Ru/c1-6-7(2)9(4)10(5)8(6)3;1-7(2,3,4,5)6;/h1-5H3;;/q2*-1;+2. The zero-order valence-corrected chi connectivity index (χ0v) is 13.2. The van der Waals surface area contributed by atoms with E-state index in [-0.39, 0.29) is 19.5 Å². The van der Waals surface area contributed by atoms with Crippen LogP contribution in [0.15, 0.2) is 0 Å². The monoisotopic (exact) mass is 382 g/mol. The van der Waals surface area contributed by atoms with Crippen LogP contribution in [0.5, 0.6) is 0 Å². The second-order valence-corrected chi connectivity index (χ2v) is 6.00. The fraction of sp³-hybridized carbons (Fsp3) is 0.500. The third-order valence-electron chi connectivity index (χ3n) is 2.81. The van der Waals surface area contributed by atoms with Crippen LogP contribution in [0.3, 0.4) is 0 Å². The van der Waals surface area contributed by atoms with Gasteiger partial charge in [-0.3, -0.25) is 0 Å². The summed E-state index contributed by atoms with van der Waals surface area (Å²) in [6.07, 6.45) is 0. The van der Waals surface area contributed by atoms with Crippen LogP contribution in [0.25, 0.3) is 0 Å². The third kappa shape index (κ3) is 8.99. The first-order valence-corrected chi connectivity index (χ1v) is 6.79. The number of hydrogen-bond acceptors (Lipinski definition) is 0. The van der Waals surface area contributed by atoms with Crippen LogP contribution in [0.2, 0.25) is 0 Å². The van der Waals surface area contributed by atoms with Crippen molar-refractivity contribution in [2.75, 3.05) is 0 Å². The van der Waals surface area contributed by atoms with Crippen molar-refractivity contribution in [3.05, 3.63) is 27.8 Å². The van der Waals surface area contributed by atoms with Crippen molar-refractivity contribution in [2.24, 2.45) is 0 Å². The average Bonchev–Trinajstić information content (AvgIpc) is 2.18. The van der Waals surface area contributed by atoms with E-state index in [0.717, 1.165) is 0 Å². The summed E-state index contributed by atoms with van der Waals surface area (Å²) in [5.41, 5.74) is 7.34. The first-order chi connectivity index (χ1) is 7.00. The number of rotatable bonds is 0. The van der Waals surface area contributed by atoms with Gasteiger partial charge in [-0.05, 0) is 0 Å². The molecule has 1 aromatic rings. The molecule has 0 saturated heterocycles. The van der Waals surface area contributed by atoms with Crippen molar-refractivity contribution in [2.45, 2.75) is 34.6 Å². The summed E-state index contributed by atoms with van der Waals surface area (Å²) < 4.78 is 59.2. The van der Waals surface area contributed by atoms with Gasteiger partial charge in [0.2, 0.25) is 0 Å². The Morgan fingerprint density at radius 2 is 0.889 bits per heavy atom. The van der Waals surface area contributed by atoms with Gasteiger partial charge in [0.1, 0.15) is 0 Å². The van der Waals surface area contributed by atoms with Crippen molar-refractivity contribution in [3.8, 4) is 0 Å². The summed E-state index contributed by atoms with van der Waals surface area (Å²) in [5.74, 6) is 0. The van der Waals surface area contributed by atoms with E-state index < -0.39 is 7.81 Å². The summed E-state index contributed by atoms with van der Waals surface area (Å²) in [5, 5.41) is 0. The van der Waals surface area contributed by atoms with Crippen LogP contribution < -0.4 is 0 Å². The molecule has 0 spiro atoms. The molecule has 0 aromatic heterocycles. The van der Waals surface area contributed by atoms with Gasteiger partial charge in [-0.1, -0.05) is 34.6 Å². The van der Waals surface area contributed by atoms with Crippen molar-refractivity contribution < 1.29 is 44.7 Å². The van der Waals surface area contributed by atoms with Crippen LogP contribution in [-0.4, -0.2) is 0 Å². The Bertz CT molecular complexity index is 337. The molecule has 0 N–H and O–H groups in total. The molecular weight excluding hydrogens is 366 g/mol. The van der Waals surface area contributed by atoms with Gasteiger partial charge in [0, 0.05) is 0 Å². The molecule has 0 fully saturated rings. The van der Waals surface area contributed by atoms with Gasteiger partial charge in [0.25, 0.3) is 0 Å².